The van der Waals surface area contributed by atoms with E-state index < -0.39 is 0 Å². The Kier molecular flexibility index (Phi) is 5.88. The Morgan fingerprint density at radius 3 is 2.73 bits per heavy atom. The number of aromatic nitrogens is 4. The summed E-state index contributed by atoms with van der Waals surface area (Å²) in [6.07, 6.45) is 6.32. The van der Waals surface area contributed by atoms with E-state index in [0.29, 0.717) is 11.6 Å². The van der Waals surface area contributed by atoms with E-state index in [1.807, 2.05) is 15.3 Å². The molecular weight excluding hydrogens is 398 g/mol. The Morgan fingerprint density at radius 2 is 2.07 bits per heavy atom. The van der Waals surface area contributed by atoms with Crippen molar-refractivity contribution in [2.45, 2.75) is 45.6 Å². The van der Waals surface area contributed by atoms with Crippen molar-refractivity contribution in [1.82, 2.24) is 18.5 Å². The standard InChI is InChI=1S/C22H29N5O2S/c1-22(2,3)21-24-19-11-18(25(4)30-26-13-17(14-28)23-15-26)5-6-20(19)27(21)12-16-7-9-29-10-8-16/h5-6,11,13-16H,7-10,12H2,1-4H3. The van der Waals surface area contributed by atoms with Gasteiger partial charge in [0.2, 0.25) is 0 Å². The topological polar surface area (TPSA) is 65.2 Å². The summed E-state index contributed by atoms with van der Waals surface area (Å²) < 4.78 is 11.8. The Morgan fingerprint density at radius 1 is 1.30 bits per heavy atom. The molecule has 1 aliphatic heterocycles. The molecule has 0 saturated carbocycles. The fourth-order valence-electron chi connectivity index (χ4n) is 3.87. The Bertz CT molecular complexity index is 1030. The maximum absolute atomic E-state index is 10.9. The molecule has 8 heteroatoms. The number of hydrogen-bond acceptors (Lipinski definition) is 6. The van der Waals surface area contributed by atoms with Crippen LogP contribution in [-0.4, -0.2) is 45.1 Å². The van der Waals surface area contributed by atoms with Crippen LogP contribution in [0.4, 0.5) is 5.69 Å². The van der Waals surface area contributed by atoms with Gasteiger partial charge in [0.1, 0.15) is 17.8 Å². The molecule has 30 heavy (non-hydrogen) atoms. The monoisotopic (exact) mass is 427 g/mol. The van der Waals surface area contributed by atoms with Crippen LogP contribution in [0.2, 0.25) is 0 Å². The van der Waals surface area contributed by atoms with Crippen LogP contribution >= 0.6 is 12.1 Å². The van der Waals surface area contributed by atoms with Crippen molar-refractivity contribution in [2.24, 2.45) is 5.92 Å². The van der Waals surface area contributed by atoms with Crippen molar-refractivity contribution in [3.05, 3.63) is 42.2 Å². The van der Waals surface area contributed by atoms with E-state index in [0.717, 1.165) is 55.9 Å². The zero-order chi connectivity index (χ0) is 21.3. The average Bonchev–Trinajstić information content (AvgIpc) is 3.32. The minimum Gasteiger partial charge on any atom is -0.381 e. The summed E-state index contributed by atoms with van der Waals surface area (Å²) in [6, 6.07) is 6.44. The highest BCUT2D eigenvalue weighted by Crippen LogP contribution is 2.32. The smallest absolute Gasteiger partial charge is 0.170 e. The first-order valence-electron chi connectivity index (χ1n) is 10.3. The number of anilines is 1. The molecule has 0 bridgehead atoms. The van der Waals surface area contributed by atoms with Crippen LogP contribution in [0.5, 0.6) is 0 Å². The van der Waals surface area contributed by atoms with Gasteiger partial charge in [0.15, 0.2) is 6.29 Å². The molecule has 1 aromatic carbocycles. The van der Waals surface area contributed by atoms with Gasteiger partial charge in [-0.25, -0.2) is 9.97 Å². The summed E-state index contributed by atoms with van der Waals surface area (Å²) >= 11 is 1.47. The summed E-state index contributed by atoms with van der Waals surface area (Å²) in [7, 11) is 2.00. The molecule has 1 saturated heterocycles. The number of ether oxygens (including phenoxy) is 1. The molecular formula is C22H29N5O2S. The number of aldehydes is 1. The third kappa shape index (κ3) is 4.39. The van der Waals surface area contributed by atoms with Gasteiger partial charge in [0.25, 0.3) is 0 Å². The Hall–Kier alpha value is -2.32. The van der Waals surface area contributed by atoms with Crippen LogP contribution in [0, 0.1) is 5.92 Å². The van der Waals surface area contributed by atoms with E-state index in [2.05, 4.69) is 48.5 Å². The van der Waals surface area contributed by atoms with Crippen molar-refractivity contribution in [2.75, 3.05) is 24.6 Å². The molecule has 160 valence electrons. The molecule has 2 aromatic heterocycles. The fourth-order valence-corrected chi connectivity index (χ4v) is 4.61. The molecule has 0 amide bonds. The van der Waals surface area contributed by atoms with E-state index in [-0.39, 0.29) is 5.41 Å². The van der Waals surface area contributed by atoms with Gasteiger partial charge in [-0.05, 0) is 37.0 Å². The third-order valence-electron chi connectivity index (χ3n) is 5.47. The van der Waals surface area contributed by atoms with Crippen LogP contribution in [0.25, 0.3) is 11.0 Å². The fraction of sp³-hybridized carbons (Fsp3) is 0.500. The number of rotatable bonds is 6. The predicted octanol–water partition coefficient (Wildman–Crippen LogP) is 4.32. The largest absolute Gasteiger partial charge is 0.381 e. The van der Waals surface area contributed by atoms with Gasteiger partial charge in [-0.3, -0.25) is 8.77 Å². The minimum absolute atomic E-state index is 0.0347. The zero-order valence-electron chi connectivity index (χ0n) is 18.0. The molecule has 1 aliphatic rings. The minimum atomic E-state index is -0.0347. The van der Waals surface area contributed by atoms with Crippen molar-refractivity contribution < 1.29 is 9.53 Å². The Labute approximate surface area is 181 Å². The lowest BCUT2D eigenvalue weighted by Crippen LogP contribution is -2.25. The molecule has 0 aliphatic carbocycles. The van der Waals surface area contributed by atoms with Crippen LogP contribution < -0.4 is 4.31 Å². The van der Waals surface area contributed by atoms with Gasteiger partial charge in [-0.2, -0.15) is 0 Å². The summed E-state index contributed by atoms with van der Waals surface area (Å²) in [5, 5.41) is 0. The SMILES string of the molecule is CN(Sn1cnc(C=O)c1)c1ccc2c(c1)nc(C(C)(C)C)n2CC1CCOCC1. The average molecular weight is 428 g/mol. The van der Waals surface area contributed by atoms with Crippen molar-refractivity contribution in [3.8, 4) is 0 Å². The Balaban J connectivity index is 1.64. The second-order valence-corrected chi connectivity index (χ2v) is 10.0. The second kappa shape index (κ2) is 8.43. The van der Waals surface area contributed by atoms with Gasteiger partial charge in [0, 0.05) is 38.4 Å². The normalized spacial score (nSPS) is 15.6. The van der Waals surface area contributed by atoms with Crippen LogP contribution in [0.1, 0.15) is 49.9 Å². The molecule has 0 atom stereocenters. The van der Waals surface area contributed by atoms with Crippen LogP contribution in [0.15, 0.2) is 30.7 Å². The van der Waals surface area contributed by atoms with E-state index in [4.69, 9.17) is 9.72 Å². The van der Waals surface area contributed by atoms with E-state index in [1.165, 1.54) is 17.7 Å². The maximum Gasteiger partial charge on any atom is 0.170 e. The van der Waals surface area contributed by atoms with Gasteiger partial charge < -0.3 is 13.6 Å². The highest BCUT2D eigenvalue weighted by atomic mass is 32.2. The van der Waals surface area contributed by atoms with Crippen LogP contribution in [-0.2, 0) is 16.7 Å². The molecule has 0 spiro atoms. The number of nitrogens with zero attached hydrogens (tertiary/aromatic N) is 5. The molecule has 0 radical (unpaired) electrons. The second-order valence-electron chi connectivity index (χ2n) is 8.88. The lowest BCUT2D eigenvalue weighted by molar-refractivity contribution is 0.0611. The molecule has 1 fully saturated rings. The van der Waals surface area contributed by atoms with E-state index >= 15 is 0 Å². The first-order chi connectivity index (χ1) is 14.3. The maximum atomic E-state index is 10.9. The molecule has 4 rings (SSSR count). The first-order valence-corrected chi connectivity index (χ1v) is 11.1. The number of carbonyl (C=O) groups excluding carboxylic acids is 1. The van der Waals surface area contributed by atoms with Gasteiger partial charge >= 0.3 is 0 Å². The summed E-state index contributed by atoms with van der Waals surface area (Å²) in [5.74, 6) is 1.75. The number of fused-ring (bicyclic) bond motifs is 1. The molecule has 0 unspecified atom stereocenters. The van der Waals surface area contributed by atoms with Gasteiger partial charge in [0.05, 0.1) is 28.9 Å². The molecule has 0 N–H and O–H groups in total. The van der Waals surface area contributed by atoms with Crippen molar-refractivity contribution in [3.63, 3.8) is 0 Å². The first kappa shape index (κ1) is 20.9. The van der Waals surface area contributed by atoms with Crippen LogP contribution in [0.3, 0.4) is 0 Å². The highest BCUT2D eigenvalue weighted by Gasteiger charge is 2.25. The lowest BCUT2D eigenvalue weighted by Gasteiger charge is -2.26. The molecule has 3 aromatic rings. The quantitative estimate of drug-likeness (QED) is 0.431. The van der Waals surface area contributed by atoms with Crippen molar-refractivity contribution in [1.29, 1.82) is 0 Å². The summed E-state index contributed by atoms with van der Waals surface area (Å²) in [6.45, 7) is 9.37. The summed E-state index contributed by atoms with van der Waals surface area (Å²) in [5.41, 5.74) is 3.63. The molecule has 7 nitrogen and oxygen atoms in total. The van der Waals surface area contributed by atoms with Crippen molar-refractivity contribution >= 4 is 35.1 Å². The van der Waals surface area contributed by atoms with Gasteiger partial charge in [-0.1, -0.05) is 20.8 Å². The van der Waals surface area contributed by atoms with E-state index in [1.54, 1.807) is 12.5 Å². The number of benzene rings is 1. The number of imidazole rings is 2. The summed E-state index contributed by atoms with van der Waals surface area (Å²) in [4.78, 5) is 20.0. The highest BCUT2D eigenvalue weighted by molar-refractivity contribution is 7.99. The van der Waals surface area contributed by atoms with E-state index in [9.17, 15) is 4.79 Å². The number of hydrogen-bond donors (Lipinski definition) is 0. The number of carbonyl (C=O) groups is 1. The lowest BCUT2D eigenvalue weighted by atomic mass is 9.94. The van der Waals surface area contributed by atoms with Gasteiger partial charge in [-0.15, -0.1) is 0 Å². The zero-order valence-corrected chi connectivity index (χ0v) is 18.9. The third-order valence-corrected chi connectivity index (χ3v) is 6.31. The predicted molar refractivity (Wildman–Crippen MR) is 121 cm³/mol. The molecule has 3 heterocycles.